The summed E-state index contributed by atoms with van der Waals surface area (Å²) in [6, 6.07) is 9.04. The van der Waals surface area contributed by atoms with Crippen molar-refractivity contribution in [2.75, 3.05) is 12.0 Å². The second-order valence-electron chi connectivity index (χ2n) is 9.42. The molecule has 0 bridgehead atoms. The van der Waals surface area contributed by atoms with Crippen LogP contribution in [0.2, 0.25) is 0 Å². The number of tetrazole rings is 1. The SMILES string of the molecule is COc1ccc(C)cc1-c1ccc(C(F)(F)F)cc1CN(Cc1cc(C(F)(F)F)cc(C(F)(F)F)c1)c1nnn(C)n1. The number of nitrogens with zero attached hydrogens (tertiary/aromatic N) is 5. The first-order valence-corrected chi connectivity index (χ1v) is 12.1. The van der Waals surface area contributed by atoms with Crippen LogP contribution in [0.3, 0.4) is 0 Å². The van der Waals surface area contributed by atoms with Crippen LogP contribution in [0.15, 0.2) is 54.6 Å². The first kappa shape index (κ1) is 30.7. The average Bonchev–Trinajstić information content (AvgIpc) is 3.32. The summed E-state index contributed by atoms with van der Waals surface area (Å²) in [6.07, 6.45) is -14.9. The van der Waals surface area contributed by atoms with Gasteiger partial charge in [-0.1, -0.05) is 22.8 Å². The third-order valence-electron chi connectivity index (χ3n) is 6.24. The number of halogens is 9. The van der Waals surface area contributed by atoms with E-state index in [9.17, 15) is 39.5 Å². The Balaban J connectivity index is 1.88. The lowest BCUT2D eigenvalue weighted by Crippen LogP contribution is -2.25. The summed E-state index contributed by atoms with van der Waals surface area (Å²) in [4.78, 5) is 2.14. The zero-order valence-corrected chi connectivity index (χ0v) is 22.2. The Morgan fingerprint density at radius 3 is 1.88 bits per heavy atom. The van der Waals surface area contributed by atoms with Crippen molar-refractivity contribution in [2.45, 2.75) is 38.5 Å². The molecule has 1 heterocycles. The zero-order valence-electron chi connectivity index (χ0n) is 22.2. The molecule has 0 aliphatic heterocycles. The van der Waals surface area contributed by atoms with Gasteiger partial charge in [0.05, 0.1) is 30.8 Å². The second kappa shape index (κ2) is 11.2. The smallest absolute Gasteiger partial charge is 0.416 e. The largest absolute Gasteiger partial charge is 0.496 e. The van der Waals surface area contributed by atoms with Gasteiger partial charge in [-0.25, -0.2) is 0 Å². The lowest BCUT2D eigenvalue weighted by atomic mass is 9.94. The molecule has 0 saturated carbocycles. The second-order valence-corrected chi connectivity index (χ2v) is 9.42. The number of aryl methyl sites for hydroxylation is 2. The van der Waals surface area contributed by atoms with E-state index in [0.29, 0.717) is 23.4 Å². The van der Waals surface area contributed by atoms with Crippen LogP contribution in [-0.4, -0.2) is 27.3 Å². The van der Waals surface area contributed by atoms with E-state index in [-0.39, 0.29) is 23.1 Å². The van der Waals surface area contributed by atoms with Crippen molar-refractivity contribution >= 4 is 5.95 Å². The predicted octanol–water partition coefficient (Wildman–Crippen LogP) is 7.46. The molecule has 0 radical (unpaired) electrons. The maximum absolute atomic E-state index is 13.7. The first-order chi connectivity index (χ1) is 19.5. The normalized spacial score (nSPS) is 12.5. The minimum absolute atomic E-state index is 0.0106. The van der Waals surface area contributed by atoms with Gasteiger partial charge in [0.25, 0.3) is 5.95 Å². The molecular weight excluding hydrogens is 581 g/mol. The van der Waals surface area contributed by atoms with E-state index in [1.807, 2.05) is 0 Å². The van der Waals surface area contributed by atoms with E-state index < -0.39 is 53.9 Å². The Kier molecular flexibility index (Phi) is 8.16. The van der Waals surface area contributed by atoms with Crippen LogP contribution in [-0.2, 0) is 38.7 Å². The van der Waals surface area contributed by atoms with Crippen LogP contribution in [0, 0.1) is 6.92 Å². The fourth-order valence-corrected chi connectivity index (χ4v) is 4.33. The summed E-state index contributed by atoms with van der Waals surface area (Å²) in [5.41, 5.74) is -3.02. The molecule has 0 N–H and O–H groups in total. The number of methoxy groups -OCH3 is 1. The molecule has 0 aliphatic rings. The molecule has 0 amide bonds. The van der Waals surface area contributed by atoms with Gasteiger partial charge in [0.2, 0.25) is 0 Å². The fraction of sp³-hybridized carbons (Fsp3) is 0.296. The van der Waals surface area contributed by atoms with Gasteiger partial charge in [-0.3, -0.25) is 0 Å². The third-order valence-corrected chi connectivity index (χ3v) is 6.24. The Morgan fingerprint density at radius 2 is 1.36 bits per heavy atom. The maximum Gasteiger partial charge on any atom is 0.416 e. The quantitative estimate of drug-likeness (QED) is 0.205. The van der Waals surface area contributed by atoms with Crippen LogP contribution < -0.4 is 9.64 Å². The predicted molar refractivity (Wildman–Crippen MR) is 133 cm³/mol. The molecule has 0 spiro atoms. The Labute approximate surface area is 233 Å². The standard InChI is InChI=1S/C27H22F9N5O/c1-15-4-7-23(42-3)22(8-15)21-6-5-18(25(28,29)30)11-17(21)14-41(24-37-39-40(2)38-24)13-16-9-19(26(31,32)33)12-20(10-16)27(34,35)36/h4-12H,13-14H2,1-3H3. The molecule has 42 heavy (non-hydrogen) atoms. The van der Waals surface area contributed by atoms with Crippen LogP contribution in [0.4, 0.5) is 45.5 Å². The van der Waals surface area contributed by atoms with Crippen molar-refractivity contribution < 1.29 is 44.3 Å². The Morgan fingerprint density at radius 1 is 0.738 bits per heavy atom. The summed E-state index contributed by atoms with van der Waals surface area (Å²) in [7, 11) is 2.74. The highest BCUT2D eigenvalue weighted by atomic mass is 19.4. The molecule has 0 unspecified atom stereocenters. The van der Waals surface area contributed by atoms with E-state index in [1.54, 1.807) is 25.1 Å². The van der Waals surface area contributed by atoms with Crippen LogP contribution in [0.1, 0.15) is 33.4 Å². The van der Waals surface area contributed by atoms with Gasteiger partial charge in [-0.2, -0.15) is 44.3 Å². The molecule has 0 fully saturated rings. The first-order valence-electron chi connectivity index (χ1n) is 12.1. The summed E-state index contributed by atoms with van der Waals surface area (Å²) in [6.45, 7) is 0.688. The fourth-order valence-electron chi connectivity index (χ4n) is 4.33. The summed E-state index contributed by atoms with van der Waals surface area (Å²) < 4.78 is 128. The molecule has 0 aliphatic carbocycles. The topological polar surface area (TPSA) is 56.1 Å². The van der Waals surface area contributed by atoms with Gasteiger partial charge in [-0.05, 0) is 71.3 Å². The number of rotatable bonds is 7. The summed E-state index contributed by atoms with van der Waals surface area (Å²) in [5.74, 6) is 0.0986. The van der Waals surface area contributed by atoms with Crippen LogP contribution in [0.5, 0.6) is 5.75 Å². The number of anilines is 1. The molecule has 224 valence electrons. The summed E-state index contributed by atoms with van der Waals surface area (Å²) in [5, 5.41) is 11.5. The number of hydrogen-bond donors (Lipinski definition) is 0. The van der Waals surface area contributed by atoms with Gasteiger partial charge in [-0.15, -0.1) is 5.10 Å². The number of aromatic nitrogens is 4. The minimum Gasteiger partial charge on any atom is -0.496 e. The van der Waals surface area contributed by atoms with Crippen molar-refractivity contribution in [1.29, 1.82) is 0 Å². The number of ether oxygens (including phenoxy) is 1. The van der Waals surface area contributed by atoms with Gasteiger partial charge in [0, 0.05) is 18.7 Å². The lowest BCUT2D eigenvalue weighted by Gasteiger charge is -2.25. The van der Waals surface area contributed by atoms with Crippen molar-refractivity contribution in [1.82, 2.24) is 20.2 Å². The van der Waals surface area contributed by atoms with E-state index in [0.717, 1.165) is 27.4 Å². The third kappa shape index (κ3) is 6.94. The molecule has 4 aromatic rings. The van der Waals surface area contributed by atoms with Crippen LogP contribution >= 0.6 is 0 Å². The Hall–Kier alpha value is -4.30. The van der Waals surface area contributed by atoms with Crippen molar-refractivity contribution in [3.63, 3.8) is 0 Å². The average molecular weight is 603 g/mol. The van der Waals surface area contributed by atoms with E-state index >= 15 is 0 Å². The lowest BCUT2D eigenvalue weighted by molar-refractivity contribution is -0.143. The van der Waals surface area contributed by atoms with Gasteiger partial charge >= 0.3 is 18.5 Å². The molecular formula is C27H22F9N5O. The molecule has 4 rings (SSSR count). The monoisotopic (exact) mass is 603 g/mol. The van der Waals surface area contributed by atoms with Gasteiger partial charge in [0.15, 0.2) is 0 Å². The Bertz CT molecular complexity index is 1540. The molecule has 15 heteroatoms. The highest BCUT2D eigenvalue weighted by Gasteiger charge is 2.37. The van der Waals surface area contributed by atoms with Gasteiger partial charge < -0.3 is 9.64 Å². The number of hydrogen-bond acceptors (Lipinski definition) is 5. The van der Waals surface area contributed by atoms with E-state index in [2.05, 4.69) is 15.4 Å². The highest BCUT2D eigenvalue weighted by molar-refractivity contribution is 5.75. The maximum atomic E-state index is 13.7. The number of benzene rings is 3. The van der Waals surface area contributed by atoms with Crippen molar-refractivity contribution in [3.8, 4) is 16.9 Å². The molecule has 6 nitrogen and oxygen atoms in total. The molecule has 0 atom stereocenters. The molecule has 0 saturated heterocycles. The highest BCUT2D eigenvalue weighted by Crippen LogP contribution is 2.39. The van der Waals surface area contributed by atoms with Crippen molar-refractivity contribution in [2.24, 2.45) is 7.05 Å². The van der Waals surface area contributed by atoms with E-state index in [4.69, 9.17) is 4.74 Å². The van der Waals surface area contributed by atoms with Crippen LogP contribution in [0.25, 0.3) is 11.1 Å². The molecule has 3 aromatic carbocycles. The minimum atomic E-state index is -5.10. The zero-order chi connectivity index (χ0) is 31.0. The molecule has 1 aromatic heterocycles. The summed E-state index contributed by atoms with van der Waals surface area (Å²) >= 11 is 0. The van der Waals surface area contributed by atoms with E-state index in [1.165, 1.54) is 20.2 Å². The van der Waals surface area contributed by atoms with Crippen molar-refractivity contribution in [3.05, 3.63) is 88.0 Å². The number of alkyl halides is 9. The van der Waals surface area contributed by atoms with Gasteiger partial charge in [0.1, 0.15) is 5.75 Å².